The summed E-state index contributed by atoms with van der Waals surface area (Å²) in [6.45, 7) is 0. The SMILES string of the molecule is CS(=O)(=O)Nc1ccc(C(=O)/C=C/c2cccc(O)c2)cc1. The van der Waals surface area contributed by atoms with E-state index in [2.05, 4.69) is 4.72 Å². The molecule has 0 saturated heterocycles. The topological polar surface area (TPSA) is 83.5 Å². The molecule has 2 aromatic rings. The van der Waals surface area contributed by atoms with Crippen LogP contribution in [0.4, 0.5) is 5.69 Å². The maximum atomic E-state index is 12.0. The molecule has 0 bridgehead atoms. The molecule has 22 heavy (non-hydrogen) atoms. The number of phenolic OH excluding ortho intramolecular Hbond substituents is 1. The van der Waals surface area contributed by atoms with Gasteiger partial charge in [0.1, 0.15) is 5.75 Å². The summed E-state index contributed by atoms with van der Waals surface area (Å²) >= 11 is 0. The van der Waals surface area contributed by atoms with Crippen LogP contribution in [0.3, 0.4) is 0 Å². The van der Waals surface area contributed by atoms with Crippen LogP contribution >= 0.6 is 0 Å². The first-order chi connectivity index (χ1) is 10.3. The summed E-state index contributed by atoms with van der Waals surface area (Å²) in [6, 6.07) is 12.7. The van der Waals surface area contributed by atoms with Crippen molar-refractivity contribution in [3.8, 4) is 5.75 Å². The third-order valence-corrected chi connectivity index (χ3v) is 3.38. The van der Waals surface area contributed by atoms with Crippen LogP contribution in [0.15, 0.2) is 54.6 Å². The van der Waals surface area contributed by atoms with Crippen molar-refractivity contribution in [2.75, 3.05) is 11.0 Å². The Labute approximate surface area is 129 Å². The van der Waals surface area contributed by atoms with Crippen molar-refractivity contribution < 1.29 is 18.3 Å². The number of hydrogen-bond donors (Lipinski definition) is 2. The Bertz CT molecular complexity index is 808. The molecule has 0 aromatic heterocycles. The van der Waals surface area contributed by atoms with Crippen molar-refractivity contribution in [3.05, 3.63) is 65.7 Å². The molecule has 2 N–H and O–H groups in total. The second-order valence-electron chi connectivity index (χ2n) is 4.74. The molecule has 0 aliphatic rings. The van der Waals surface area contributed by atoms with Crippen LogP contribution in [0, 0.1) is 0 Å². The molecule has 0 saturated carbocycles. The lowest BCUT2D eigenvalue weighted by Gasteiger charge is -2.04. The van der Waals surface area contributed by atoms with E-state index in [1.807, 2.05) is 0 Å². The van der Waals surface area contributed by atoms with Gasteiger partial charge in [0.2, 0.25) is 10.0 Å². The third-order valence-electron chi connectivity index (χ3n) is 2.77. The summed E-state index contributed by atoms with van der Waals surface area (Å²) in [6.07, 6.45) is 4.06. The quantitative estimate of drug-likeness (QED) is 0.656. The van der Waals surface area contributed by atoms with Crippen molar-refractivity contribution >= 4 is 27.6 Å². The van der Waals surface area contributed by atoms with Gasteiger partial charge in [0, 0.05) is 11.3 Å². The molecule has 0 radical (unpaired) electrons. The summed E-state index contributed by atoms with van der Waals surface area (Å²) < 4.78 is 24.5. The van der Waals surface area contributed by atoms with Gasteiger partial charge in [0.25, 0.3) is 0 Å². The van der Waals surface area contributed by atoms with Gasteiger partial charge in [-0.25, -0.2) is 8.42 Å². The van der Waals surface area contributed by atoms with Crippen LogP contribution in [0.2, 0.25) is 0 Å². The minimum Gasteiger partial charge on any atom is -0.508 e. The van der Waals surface area contributed by atoms with E-state index in [0.717, 1.165) is 6.26 Å². The molecule has 114 valence electrons. The number of anilines is 1. The monoisotopic (exact) mass is 317 g/mol. The zero-order chi connectivity index (χ0) is 16.2. The Balaban J connectivity index is 2.10. The van der Waals surface area contributed by atoms with E-state index in [1.54, 1.807) is 42.5 Å². The molecule has 0 heterocycles. The summed E-state index contributed by atoms with van der Waals surface area (Å²) in [5, 5.41) is 9.34. The maximum absolute atomic E-state index is 12.0. The van der Waals surface area contributed by atoms with E-state index < -0.39 is 10.0 Å². The van der Waals surface area contributed by atoms with Gasteiger partial charge in [-0.1, -0.05) is 18.2 Å². The first-order valence-electron chi connectivity index (χ1n) is 6.43. The van der Waals surface area contributed by atoms with E-state index >= 15 is 0 Å². The molecule has 0 unspecified atom stereocenters. The Morgan fingerprint density at radius 1 is 1.14 bits per heavy atom. The normalized spacial score (nSPS) is 11.5. The molecule has 0 amide bonds. The highest BCUT2D eigenvalue weighted by Crippen LogP contribution is 2.14. The number of carbonyl (C=O) groups excluding carboxylic acids is 1. The van der Waals surface area contributed by atoms with E-state index in [4.69, 9.17) is 0 Å². The zero-order valence-corrected chi connectivity index (χ0v) is 12.7. The number of hydrogen-bond acceptors (Lipinski definition) is 4. The van der Waals surface area contributed by atoms with Crippen molar-refractivity contribution in [1.82, 2.24) is 0 Å². The highest BCUT2D eigenvalue weighted by molar-refractivity contribution is 7.92. The molecule has 0 spiro atoms. The number of sulfonamides is 1. The maximum Gasteiger partial charge on any atom is 0.229 e. The average molecular weight is 317 g/mol. The lowest BCUT2D eigenvalue weighted by atomic mass is 10.1. The predicted molar refractivity (Wildman–Crippen MR) is 86.4 cm³/mol. The number of rotatable bonds is 5. The fourth-order valence-electron chi connectivity index (χ4n) is 1.81. The van der Waals surface area contributed by atoms with E-state index in [-0.39, 0.29) is 11.5 Å². The number of carbonyl (C=O) groups is 1. The largest absolute Gasteiger partial charge is 0.508 e. The van der Waals surface area contributed by atoms with Crippen LogP contribution in [0.5, 0.6) is 5.75 Å². The van der Waals surface area contributed by atoms with Crippen LogP contribution in [-0.4, -0.2) is 25.6 Å². The van der Waals surface area contributed by atoms with Gasteiger partial charge in [-0.15, -0.1) is 0 Å². The van der Waals surface area contributed by atoms with Gasteiger partial charge in [-0.2, -0.15) is 0 Å². The summed E-state index contributed by atoms with van der Waals surface area (Å²) in [5.41, 5.74) is 1.55. The second kappa shape index (κ2) is 6.44. The highest BCUT2D eigenvalue weighted by Gasteiger charge is 2.04. The van der Waals surface area contributed by atoms with Crippen LogP contribution < -0.4 is 4.72 Å². The van der Waals surface area contributed by atoms with Gasteiger partial charge < -0.3 is 5.11 Å². The van der Waals surface area contributed by atoms with Gasteiger partial charge in [-0.05, 0) is 48.0 Å². The zero-order valence-electron chi connectivity index (χ0n) is 11.9. The standard InChI is InChI=1S/C16H15NO4S/c1-22(20,21)17-14-8-6-13(7-9-14)16(19)10-5-12-3-2-4-15(18)11-12/h2-11,17-18H,1H3/b10-5+. The first kappa shape index (κ1) is 15.8. The number of ketones is 1. The smallest absolute Gasteiger partial charge is 0.229 e. The number of benzene rings is 2. The fourth-order valence-corrected chi connectivity index (χ4v) is 2.38. The summed E-state index contributed by atoms with van der Waals surface area (Å²) in [4.78, 5) is 12.0. The fraction of sp³-hybridized carbons (Fsp3) is 0.0625. The number of allylic oxidation sites excluding steroid dienone is 1. The third kappa shape index (κ3) is 4.75. The van der Waals surface area contributed by atoms with Crippen molar-refractivity contribution in [1.29, 1.82) is 0 Å². The molecule has 0 aliphatic heterocycles. The molecular formula is C16H15NO4S. The molecule has 0 atom stereocenters. The molecule has 6 heteroatoms. The van der Waals surface area contributed by atoms with E-state index in [0.29, 0.717) is 16.8 Å². The molecule has 0 aliphatic carbocycles. The predicted octanol–water partition coefficient (Wildman–Crippen LogP) is 2.66. The molecular weight excluding hydrogens is 302 g/mol. The van der Waals surface area contributed by atoms with Crippen molar-refractivity contribution in [3.63, 3.8) is 0 Å². The van der Waals surface area contributed by atoms with Gasteiger partial charge in [0.05, 0.1) is 6.26 Å². The summed E-state index contributed by atoms with van der Waals surface area (Å²) in [5.74, 6) is -0.0833. The molecule has 0 fully saturated rings. The van der Waals surface area contributed by atoms with Gasteiger partial charge in [0.15, 0.2) is 5.78 Å². The number of aromatic hydroxyl groups is 1. The van der Waals surface area contributed by atoms with Crippen LogP contribution in [0.1, 0.15) is 15.9 Å². The second-order valence-corrected chi connectivity index (χ2v) is 6.49. The van der Waals surface area contributed by atoms with Crippen molar-refractivity contribution in [2.24, 2.45) is 0 Å². The lowest BCUT2D eigenvalue weighted by Crippen LogP contribution is -2.09. The molecule has 2 rings (SSSR count). The minimum absolute atomic E-state index is 0.130. The molecule has 5 nitrogen and oxygen atoms in total. The lowest BCUT2D eigenvalue weighted by molar-refractivity contribution is 0.104. The minimum atomic E-state index is -3.33. The van der Waals surface area contributed by atoms with Crippen LogP contribution in [0.25, 0.3) is 6.08 Å². The Morgan fingerprint density at radius 2 is 1.82 bits per heavy atom. The van der Waals surface area contributed by atoms with Gasteiger partial charge >= 0.3 is 0 Å². The Morgan fingerprint density at radius 3 is 2.41 bits per heavy atom. The van der Waals surface area contributed by atoms with Gasteiger partial charge in [-0.3, -0.25) is 9.52 Å². The van der Waals surface area contributed by atoms with E-state index in [9.17, 15) is 18.3 Å². The Hall–Kier alpha value is -2.60. The Kier molecular flexibility index (Phi) is 4.62. The van der Waals surface area contributed by atoms with Crippen LogP contribution in [-0.2, 0) is 10.0 Å². The first-order valence-corrected chi connectivity index (χ1v) is 8.32. The average Bonchev–Trinajstić information content (AvgIpc) is 2.44. The van der Waals surface area contributed by atoms with E-state index in [1.165, 1.54) is 18.2 Å². The van der Waals surface area contributed by atoms with Crippen molar-refractivity contribution in [2.45, 2.75) is 0 Å². The number of phenols is 1. The highest BCUT2D eigenvalue weighted by atomic mass is 32.2. The molecule has 2 aromatic carbocycles. The number of nitrogens with one attached hydrogen (secondary N) is 1. The summed E-state index contributed by atoms with van der Waals surface area (Å²) in [7, 11) is -3.33.